The number of rotatable bonds is 4. The molecule has 9 nitrogen and oxygen atoms in total. The number of hydrogen-bond acceptors (Lipinski definition) is 8. The number of Topliss-reactive ketones (excluding diaryl/α,β-unsaturated/α-hetero) is 1. The Morgan fingerprint density at radius 3 is 2.68 bits per heavy atom. The molecule has 4 aliphatic rings. The molecule has 2 aliphatic heterocycles. The number of cyclic esters (lactones) is 1. The zero-order valence-corrected chi connectivity index (χ0v) is 21.7. The molecule has 1 saturated heterocycles. The maximum Gasteiger partial charge on any atom is 0.355 e. The van der Waals surface area contributed by atoms with Crippen LogP contribution in [0.15, 0.2) is 42.1 Å². The van der Waals surface area contributed by atoms with E-state index in [2.05, 4.69) is 4.98 Å². The van der Waals surface area contributed by atoms with Gasteiger partial charge in [0.05, 0.1) is 17.9 Å². The van der Waals surface area contributed by atoms with E-state index in [4.69, 9.17) is 18.9 Å². The fraction of sp³-hybridized carbons (Fsp3) is 0.607. The number of hydrogen-bond donors (Lipinski definition) is 2. The lowest BCUT2D eigenvalue weighted by atomic mass is 9.58. The number of carbonyl (C=O) groups is 3. The number of methoxy groups -OCH3 is 1. The Morgan fingerprint density at radius 1 is 1.27 bits per heavy atom. The van der Waals surface area contributed by atoms with E-state index in [1.807, 2.05) is 32.1 Å². The Labute approximate surface area is 216 Å². The van der Waals surface area contributed by atoms with Crippen molar-refractivity contribution in [3.05, 3.63) is 47.8 Å². The average molecular weight is 514 g/mol. The van der Waals surface area contributed by atoms with E-state index in [1.54, 1.807) is 32.2 Å². The first-order chi connectivity index (χ1) is 17.6. The Hall–Kier alpha value is -2.75. The zero-order chi connectivity index (χ0) is 26.6. The number of ketones is 1. The van der Waals surface area contributed by atoms with Crippen molar-refractivity contribution in [1.82, 2.24) is 4.98 Å². The number of carbonyl (C=O) groups excluding carboxylic acids is 3. The molecule has 2 aliphatic carbocycles. The molecule has 1 spiro atoms. The van der Waals surface area contributed by atoms with Gasteiger partial charge in [0.2, 0.25) is 0 Å². The van der Waals surface area contributed by atoms with Gasteiger partial charge in [-0.25, -0.2) is 9.59 Å². The number of aliphatic hydroxyl groups is 1. The summed E-state index contributed by atoms with van der Waals surface area (Å²) in [5.41, 5.74) is 0.111. The third kappa shape index (κ3) is 3.99. The lowest BCUT2D eigenvalue weighted by molar-refractivity contribution is -0.172. The highest BCUT2D eigenvalue weighted by molar-refractivity contribution is 5.91. The fourth-order valence-electron chi connectivity index (χ4n) is 6.91. The third-order valence-electron chi connectivity index (χ3n) is 8.70. The molecule has 0 amide bonds. The summed E-state index contributed by atoms with van der Waals surface area (Å²) >= 11 is 0. The molecule has 2 N–H and O–H groups in total. The highest BCUT2D eigenvalue weighted by atomic mass is 16.6. The molecule has 3 heterocycles. The van der Waals surface area contributed by atoms with Crippen LogP contribution < -0.4 is 0 Å². The molecule has 9 heteroatoms. The highest BCUT2D eigenvalue weighted by Gasteiger charge is 2.69. The van der Waals surface area contributed by atoms with Crippen LogP contribution in [0.5, 0.6) is 0 Å². The lowest BCUT2D eigenvalue weighted by Gasteiger charge is -2.45. The first-order valence-electron chi connectivity index (χ1n) is 12.9. The minimum atomic E-state index is -1.03. The number of aromatic nitrogens is 1. The molecule has 4 bridgehead atoms. The molecule has 0 aromatic carbocycles. The molecule has 2 fully saturated rings. The maximum absolute atomic E-state index is 14.0. The lowest BCUT2D eigenvalue weighted by Crippen LogP contribution is -2.55. The summed E-state index contributed by atoms with van der Waals surface area (Å²) in [5.74, 6) is -3.16. The number of ether oxygens (including phenoxy) is 4. The smallest absolute Gasteiger partial charge is 0.355 e. The highest BCUT2D eigenvalue weighted by Crippen LogP contribution is 2.60. The van der Waals surface area contributed by atoms with E-state index in [1.165, 1.54) is 7.11 Å². The van der Waals surface area contributed by atoms with Gasteiger partial charge in [0.1, 0.15) is 35.4 Å². The number of H-pyrrole nitrogens is 1. The average Bonchev–Trinajstić information content (AvgIpc) is 3.46. The summed E-state index contributed by atoms with van der Waals surface area (Å²) in [5, 5.41) is 10.4. The Bertz CT molecular complexity index is 1120. The first-order valence-corrected chi connectivity index (χ1v) is 12.9. The molecule has 2 unspecified atom stereocenters. The van der Waals surface area contributed by atoms with Crippen LogP contribution in [0.25, 0.3) is 0 Å². The van der Waals surface area contributed by atoms with Gasteiger partial charge < -0.3 is 29.0 Å². The van der Waals surface area contributed by atoms with Crippen LogP contribution >= 0.6 is 0 Å². The molecule has 200 valence electrons. The van der Waals surface area contributed by atoms with Gasteiger partial charge in [-0.1, -0.05) is 32.1 Å². The summed E-state index contributed by atoms with van der Waals surface area (Å²) < 4.78 is 24.0. The minimum absolute atomic E-state index is 0.0292. The van der Waals surface area contributed by atoms with Gasteiger partial charge in [0.15, 0.2) is 6.10 Å². The van der Waals surface area contributed by atoms with Gasteiger partial charge in [0.25, 0.3) is 0 Å². The molecule has 37 heavy (non-hydrogen) atoms. The topological polar surface area (TPSA) is 124 Å². The Kier molecular flexibility index (Phi) is 6.66. The molecule has 1 saturated carbocycles. The van der Waals surface area contributed by atoms with Gasteiger partial charge in [0, 0.05) is 31.1 Å². The van der Waals surface area contributed by atoms with E-state index in [9.17, 15) is 19.5 Å². The standard InChI is InChI=1S/C28H35NO8/c1-13-11-14(2)28-17(12-20(34-5)27(33)35-23(13)16(4)30)8-9-18-21(28)22(31)15(3)24(25(18)37-28)36-26(32)19-7-6-10-29-19/h6-11,13,15-18,20-21,23-25,29-30H,12H2,1-5H3/b14-11+/t13-,15-,16?,17?,18-,20+,21+,23+,24-,25-,28+/m1/s1. The first kappa shape index (κ1) is 25.9. The molecule has 1 aromatic heterocycles. The number of aromatic amines is 1. The second-order valence-corrected chi connectivity index (χ2v) is 10.9. The van der Waals surface area contributed by atoms with E-state index in [-0.39, 0.29) is 30.0 Å². The van der Waals surface area contributed by atoms with Crippen LogP contribution in [0, 0.1) is 29.6 Å². The minimum Gasteiger partial charge on any atom is -0.457 e. The molecule has 1 aromatic rings. The van der Waals surface area contributed by atoms with Crippen LogP contribution in [0.1, 0.15) is 44.6 Å². The molecule has 11 atom stereocenters. The second-order valence-electron chi connectivity index (χ2n) is 10.9. The number of esters is 2. The Balaban J connectivity index is 1.58. The summed E-state index contributed by atoms with van der Waals surface area (Å²) in [6.07, 6.45) is 3.92. The largest absolute Gasteiger partial charge is 0.457 e. The zero-order valence-electron chi connectivity index (χ0n) is 21.7. The van der Waals surface area contributed by atoms with Crippen LogP contribution in [-0.2, 0) is 28.5 Å². The van der Waals surface area contributed by atoms with Crippen LogP contribution in [0.2, 0.25) is 0 Å². The van der Waals surface area contributed by atoms with E-state index in [0.717, 1.165) is 5.57 Å². The summed E-state index contributed by atoms with van der Waals surface area (Å²) in [6.45, 7) is 7.17. The van der Waals surface area contributed by atoms with Crippen LogP contribution in [0.3, 0.4) is 0 Å². The van der Waals surface area contributed by atoms with Crippen molar-refractivity contribution in [2.24, 2.45) is 29.6 Å². The van der Waals surface area contributed by atoms with E-state index < -0.39 is 59.9 Å². The monoisotopic (exact) mass is 513 g/mol. The van der Waals surface area contributed by atoms with Crippen molar-refractivity contribution in [2.75, 3.05) is 7.11 Å². The SMILES string of the molecule is CO[C@H]1CC2C=C[C@H]3[C@H]4O[C@]2(/C(C)=C/[C@@H](C)[C@@H](C(C)O)OC1=O)[C@@H]3C(=O)[C@@H](C)[C@H]4OC(=O)c1ccc[nH]1. The maximum atomic E-state index is 14.0. The summed E-state index contributed by atoms with van der Waals surface area (Å²) in [7, 11) is 1.44. The van der Waals surface area contributed by atoms with Crippen molar-refractivity contribution in [3.63, 3.8) is 0 Å². The van der Waals surface area contributed by atoms with Gasteiger partial charge in [-0.3, -0.25) is 4.79 Å². The normalized spacial score (nSPS) is 43.3. The van der Waals surface area contributed by atoms with Crippen molar-refractivity contribution in [3.8, 4) is 0 Å². The van der Waals surface area contributed by atoms with Crippen molar-refractivity contribution in [2.45, 2.75) is 70.2 Å². The van der Waals surface area contributed by atoms with E-state index >= 15 is 0 Å². The number of nitrogens with one attached hydrogen (secondary N) is 1. The molecule has 0 radical (unpaired) electrons. The van der Waals surface area contributed by atoms with E-state index in [0.29, 0.717) is 5.69 Å². The van der Waals surface area contributed by atoms with Gasteiger partial charge >= 0.3 is 11.9 Å². The number of aliphatic hydroxyl groups excluding tert-OH is 1. The molecule has 5 rings (SSSR count). The fourth-order valence-corrected chi connectivity index (χ4v) is 6.91. The summed E-state index contributed by atoms with van der Waals surface area (Å²) in [4.78, 5) is 42.7. The molecular weight excluding hydrogens is 478 g/mol. The van der Waals surface area contributed by atoms with Crippen molar-refractivity contribution < 1.29 is 38.4 Å². The summed E-state index contributed by atoms with van der Waals surface area (Å²) in [6, 6.07) is 3.33. The Morgan fingerprint density at radius 2 is 2.03 bits per heavy atom. The second kappa shape index (κ2) is 9.53. The van der Waals surface area contributed by atoms with Crippen LogP contribution in [0.4, 0.5) is 0 Å². The van der Waals surface area contributed by atoms with Gasteiger partial charge in [-0.05, 0) is 38.0 Å². The predicted molar refractivity (Wildman–Crippen MR) is 131 cm³/mol. The predicted octanol–water partition coefficient (Wildman–Crippen LogP) is 2.61. The molecular formula is C28H35NO8. The van der Waals surface area contributed by atoms with Crippen molar-refractivity contribution in [1.29, 1.82) is 0 Å². The van der Waals surface area contributed by atoms with Crippen molar-refractivity contribution >= 4 is 17.7 Å². The quantitative estimate of drug-likeness (QED) is 0.465. The van der Waals surface area contributed by atoms with Gasteiger partial charge in [-0.15, -0.1) is 0 Å². The third-order valence-corrected chi connectivity index (χ3v) is 8.70. The van der Waals surface area contributed by atoms with Gasteiger partial charge in [-0.2, -0.15) is 0 Å². The van der Waals surface area contributed by atoms with Crippen LogP contribution in [-0.4, -0.2) is 71.0 Å².